The van der Waals surface area contributed by atoms with Gasteiger partial charge in [0, 0.05) is 76.1 Å². The topological polar surface area (TPSA) is 325 Å². The van der Waals surface area contributed by atoms with Crippen LogP contribution >= 0.6 is 0 Å². The number of piperidine rings is 2. The highest BCUT2D eigenvalue weighted by Crippen LogP contribution is 2.34. The minimum Gasteiger partial charge on any atom is -0.489 e. The van der Waals surface area contributed by atoms with E-state index in [1.807, 2.05) is 0 Å². The summed E-state index contributed by atoms with van der Waals surface area (Å²) in [7, 11) is 0. The molecular formula is C36H46N6O16. The first kappa shape index (κ1) is 45.6. The third kappa shape index (κ3) is 12.6. The molecule has 2 aromatic rings. The molecule has 316 valence electrons. The Labute approximate surface area is 331 Å². The summed E-state index contributed by atoms with van der Waals surface area (Å²) in [6.45, 7) is 11.8. The van der Waals surface area contributed by atoms with Gasteiger partial charge in [0.05, 0.1) is 21.0 Å². The molecule has 4 rings (SSSR count). The molecule has 6 N–H and O–H groups in total. The Bertz CT molecular complexity index is 1750. The van der Waals surface area contributed by atoms with Crippen molar-refractivity contribution in [3.63, 3.8) is 0 Å². The summed E-state index contributed by atoms with van der Waals surface area (Å²) < 4.78 is 22.1. The predicted molar refractivity (Wildman–Crippen MR) is 200 cm³/mol. The van der Waals surface area contributed by atoms with Crippen LogP contribution in [0.2, 0.25) is 0 Å². The maximum absolute atomic E-state index is 12.1. The fourth-order valence-electron chi connectivity index (χ4n) is 5.67. The number of carboxylic acid groups (broad SMARTS) is 2. The van der Waals surface area contributed by atoms with Crippen molar-refractivity contribution in [2.45, 2.75) is 90.6 Å². The van der Waals surface area contributed by atoms with Gasteiger partial charge in [-0.3, -0.25) is 29.8 Å². The molecule has 0 aliphatic carbocycles. The van der Waals surface area contributed by atoms with Crippen LogP contribution in [0.3, 0.4) is 0 Å². The molecule has 2 saturated heterocycles. The number of rotatable bonds is 10. The number of benzene rings is 2. The molecule has 2 aromatic carbocycles. The number of non-ortho nitro benzene ring substituents is 2. The summed E-state index contributed by atoms with van der Waals surface area (Å²) in [5.74, 6) is -5.69. The minimum absolute atomic E-state index is 0.189. The van der Waals surface area contributed by atoms with Crippen molar-refractivity contribution < 1.29 is 67.8 Å². The quantitative estimate of drug-likeness (QED) is 0.191. The second kappa shape index (κ2) is 18.5. The normalized spacial score (nSPS) is 14.9. The van der Waals surface area contributed by atoms with Crippen LogP contribution in [-0.2, 0) is 9.47 Å². The number of primary amides is 2. The first-order valence-corrected chi connectivity index (χ1v) is 17.8. The Balaban J connectivity index is 0.000000310. The fraction of sp³-hybridized carbons (Fsp3) is 0.500. The number of carbonyl (C=O) groups is 6. The van der Waals surface area contributed by atoms with E-state index < -0.39 is 97.4 Å². The highest BCUT2D eigenvalue weighted by Gasteiger charge is 2.33. The number of nitrogens with zero attached hydrogens (tertiary/aromatic N) is 4. The van der Waals surface area contributed by atoms with Crippen LogP contribution in [0.1, 0.15) is 109 Å². The average molecular weight is 819 g/mol. The molecule has 2 fully saturated rings. The number of ether oxygens (including phenoxy) is 4. The largest absolute Gasteiger partial charge is 0.489 e. The van der Waals surface area contributed by atoms with Crippen molar-refractivity contribution in [1.82, 2.24) is 9.80 Å². The summed E-state index contributed by atoms with van der Waals surface area (Å²) in [6.07, 6.45) is -0.523. The minimum atomic E-state index is -1.54. The second-order valence-corrected chi connectivity index (χ2v) is 15.2. The number of nitro benzene ring substituents is 2. The lowest BCUT2D eigenvalue weighted by Gasteiger charge is -2.33. The molecule has 22 nitrogen and oxygen atoms in total. The highest BCUT2D eigenvalue weighted by molar-refractivity contribution is 6.04. The number of hydrogen-bond donors (Lipinski definition) is 4. The van der Waals surface area contributed by atoms with Crippen molar-refractivity contribution in [1.29, 1.82) is 0 Å². The molecule has 2 aliphatic rings. The Morgan fingerprint density at radius 3 is 1.12 bits per heavy atom. The summed E-state index contributed by atoms with van der Waals surface area (Å²) >= 11 is 0. The van der Waals surface area contributed by atoms with E-state index in [0.29, 0.717) is 38.8 Å². The second-order valence-electron chi connectivity index (χ2n) is 15.2. The summed E-state index contributed by atoms with van der Waals surface area (Å²) in [6, 6.07) is 3.42. The predicted octanol–water partition coefficient (Wildman–Crippen LogP) is 4.34. The van der Waals surface area contributed by atoms with Gasteiger partial charge in [-0.1, -0.05) is 0 Å². The summed E-state index contributed by atoms with van der Waals surface area (Å²) in [5, 5.41) is 40.8. The van der Waals surface area contributed by atoms with Gasteiger partial charge in [0.25, 0.3) is 23.2 Å². The lowest BCUT2D eigenvalue weighted by molar-refractivity contribution is -0.385. The van der Waals surface area contributed by atoms with E-state index in [4.69, 9.17) is 30.4 Å². The van der Waals surface area contributed by atoms with Gasteiger partial charge in [0.15, 0.2) is 0 Å². The molecule has 0 bridgehead atoms. The first-order chi connectivity index (χ1) is 26.8. The Morgan fingerprint density at radius 2 is 0.879 bits per heavy atom. The monoisotopic (exact) mass is 818 g/mol. The van der Waals surface area contributed by atoms with Crippen molar-refractivity contribution in [3.05, 3.63) is 66.7 Å². The number of hydrogen-bond acceptors (Lipinski definition) is 14. The lowest BCUT2D eigenvalue weighted by Crippen LogP contribution is -2.44. The van der Waals surface area contributed by atoms with Crippen molar-refractivity contribution in [2.24, 2.45) is 11.5 Å². The molecule has 0 unspecified atom stereocenters. The maximum Gasteiger partial charge on any atom is 0.410 e. The molecule has 2 heterocycles. The van der Waals surface area contributed by atoms with Gasteiger partial charge in [-0.2, -0.15) is 0 Å². The number of nitro groups is 2. The number of carboxylic acids is 2. The van der Waals surface area contributed by atoms with Gasteiger partial charge in [-0.25, -0.2) is 19.2 Å². The standard InChI is InChI=1S/C18H24N4O7.C18H22N2O9/c1-18(2,3)29-17(25)21-6-4-11(5-7-21)28-14-12(15(19)23)8-10(22(26)27)9-13(14)16(20)24;1-18(2,3)29-17(25)19-6-4-11(5-7-19)28-14-12(15(21)22)8-10(20(26)27)9-13(14)16(23)24/h8-9,11H,4-7H2,1-3H3,(H2,19,23)(H2,20,24);8-9,11H,4-7H2,1-3H3,(H,21,22)(H,23,24). The highest BCUT2D eigenvalue weighted by atomic mass is 16.6. The molecule has 0 radical (unpaired) electrons. The van der Waals surface area contributed by atoms with Crippen molar-refractivity contribution in [2.75, 3.05) is 26.2 Å². The van der Waals surface area contributed by atoms with Gasteiger partial charge in [-0.15, -0.1) is 0 Å². The van der Waals surface area contributed by atoms with E-state index in [9.17, 15) is 59.2 Å². The summed E-state index contributed by atoms with van der Waals surface area (Å²) in [5.41, 5.74) is 6.39. The molecule has 58 heavy (non-hydrogen) atoms. The van der Waals surface area contributed by atoms with E-state index >= 15 is 0 Å². The van der Waals surface area contributed by atoms with Gasteiger partial charge < -0.3 is 50.4 Å². The van der Waals surface area contributed by atoms with Gasteiger partial charge in [-0.05, 0) is 41.5 Å². The first-order valence-electron chi connectivity index (χ1n) is 17.8. The van der Waals surface area contributed by atoms with Gasteiger partial charge >= 0.3 is 24.1 Å². The van der Waals surface area contributed by atoms with Crippen molar-refractivity contribution in [3.8, 4) is 11.5 Å². The Hall–Kier alpha value is -6.74. The van der Waals surface area contributed by atoms with Crippen LogP contribution in [0.15, 0.2) is 24.3 Å². The smallest absolute Gasteiger partial charge is 0.410 e. The number of amides is 4. The van der Waals surface area contributed by atoms with E-state index in [0.717, 1.165) is 24.3 Å². The van der Waals surface area contributed by atoms with Gasteiger partial charge in [0.2, 0.25) is 0 Å². The fourth-order valence-corrected chi connectivity index (χ4v) is 5.67. The van der Waals surface area contributed by atoms with Gasteiger partial charge in [0.1, 0.15) is 46.0 Å². The molecule has 22 heteroatoms. The zero-order valence-electron chi connectivity index (χ0n) is 32.7. The van der Waals surface area contributed by atoms with Crippen LogP contribution in [0.25, 0.3) is 0 Å². The zero-order chi connectivity index (χ0) is 43.9. The van der Waals surface area contributed by atoms with Crippen LogP contribution in [0, 0.1) is 20.2 Å². The van der Waals surface area contributed by atoms with Crippen LogP contribution in [0.4, 0.5) is 21.0 Å². The SMILES string of the molecule is CC(C)(C)OC(=O)N1CCC(Oc2c(C(=O)O)cc([N+](=O)[O-])cc2C(=O)O)CC1.CC(C)(C)OC(=O)N1CCC(Oc2c(C(N)=O)cc([N+](=O)[O-])cc2C(N)=O)CC1. The molecular weight excluding hydrogens is 772 g/mol. The maximum atomic E-state index is 12.1. The molecule has 0 spiro atoms. The number of nitrogens with two attached hydrogens (primary N) is 2. The van der Waals surface area contributed by atoms with E-state index in [-0.39, 0.29) is 30.0 Å². The number of carbonyl (C=O) groups excluding carboxylic acids is 4. The Kier molecular flexibility index (Phi) is 14.5. The lowest BCUT2D eigenvalue weighted by atomic mass is 10.0. The van der Waals surface area contributed by atoms with Crippen LogP contribution < -0.4 is 20.9 Å². The van der Waals surface area contributed by atoms with E-state index in [1.165, 1.54) is 9.80 Å². The third-order valence-electron chi connectivity index (χ3n) is 8.32. The summed E-state index contributed by atoms with van der Waals surface area (Å²) in [4.78, 5) is 94.3. The zero-order valence-corrected chi connectivity index (χ0v) is 32.7. The van der Waals surface area contributed by atoms with Crippen molar-refractivity contribution >= 4 is 47.3 Å². The third-order valence-corrected chi connectivity index (χ3v) is 8.32. The number of aromatic carboxylic acids is 2. The average Bonchev–Trinajstić information content (AvgIpc) is 3.10. The molecule has 0 atom stereocenters. The van der Waals surface area contributed by atoms with Crippen LogP contribution in [0.5, 0.6) is 11.5 Å². The molecule has 0 aromatic heterocycles. The van der Waals surface area contributed by atoms with E-state index in [1.54, 1.807) is 41.5 Å². The molecule has 4 amide bonds. The van der Waals surface area contributed by atoms with E-state index in [2.05, 4.69) is 0 Å². The number of likely N-dealkylation sites (tertiary alicyclic amines) is 2. The molecule has 2 aliphatic heterocycles. The molecule has 0 saturated carbocycles. The Morgan fingerprint density at radius 1 is 0.603 bits per heavy atom. The van der Waals surface area contributed by atoms with Crippen LogP contribution in [-0.4, -0.2) is 115 Å².